The van der Waals surface area contributed by atoms with Gasteiger partial charge < -0.3 is 11.1 Å². The van der Waals surface area contributed by atoms with E-state index in [-0.39, 0.29) is 24.6 Å². The largest absolute Gasteiger partial charge is 0.345 e. The molecule has 0 aliphatic carbocycles. The first-order valence-corrected chi connectivity index (χ1v) is 4.72. The fourth-order valence-corrected chi connectivity index (χ4v) is 1.42. The van der Waals surface area contributed by atoms with Gasteiger partial charge in [-0.15, -0.1) is 23.7 Å². The Labute approximate surface area is 95.3 Å². The summed E-state index contributed by atoms with van der Waals surface area (Å²) in [5, 5.41) is 4.14. The zero-order valence-corrected chi connectivity index (χ0v) is 9.21. The quantitative estimate of drug-likeness (QED) is 0.846. The number of carbonyl (C=O) groups excluding carboxylic acids is 1. The Balaban J connectivity index is 0.00000196. The molecular weight excluding hydrogens is 248 g/mol. The van der Waals surface area contributed by atoms with Gasteiger partial charge in [0, 0.05) is 11.9 Å². The number of alkyl halides is 2. The second-order valence-electron chi connectivity index (χ2n) is 2.43. The first kappa shape index (κ1) is 14.2. The van der Waals surface area contributed by atoms with Gasteiger partial charge in [0.1, 0.15) is 10.7 Å². The zero-order valence-electron chi connectivity index (χ0n) is 7.57. The summed E-state index contributed by atoms with van der Waals surface area (Å²) in [7, 11) is 0. The number of nitrogens with one attached hydrogen (secondary N) is 1. The molecule has 4 nitrogen and oxygen atoms in total. The number of hydrogen-bond donors (Lipinski definition) is 2. The van der Waals surface area contributed by atoms with Crippen molar-refractivity contribution in [3.63, 3.8) is 0 Å². The van der Waals surface area contributed by atoms with Crippen LogP contribution in [0.5, 0.6) is 0 Å². The lowest BCUT2D eigenvalue weighted by Crippen LogP contribution is -2.28. The molecule has 0 aromatic carbocycles. The molecule has 3 N–H and O–H groups in total. The minimum absolute atomic E-state index is 0. The molecular formula is C7H10ClF2N3OS. The van der Waals surface area contributed by atoms with Crippen LogP contribution in [0.3, 0.4) is 0 Å². The van der Waals surface area contributed by atoms with E-state index in [2.05, 4.69) is 10.3 Å². The Morgan fingerprint density at radius 3 is 2.80 bits per heavy atom. The smallest absolute Gasteiger partial charge is 0.270 e. The van der Waals surface area contributed by atoms with E-state index in [1.807, 2.05) is 0 Å². The highest BCUT2D eigenvalue weighted by Crippen LogP contribution is 2.08. The molecule has 1 aromatic rings. The fraction of sp³-hybridized carbons (Fsp3) is 0.429. The molecule has 0 spiro atoms. The van der Waals surface area contributed by atoms with Gasteiger partial charge in [-0.1, -0.05) is 0 Å². The van der Waals surface area contributed by atoms with E-state index in [1.54, 1.807) is 0 Å². The molecule has 0 aliphatic heterocycles. The molecule has 0 atom stereocenters. The van der Waals surface area contributed by atoms with Crippen molar-refractivity contribution in [1.82, 2.24) is 10.3 Å². The summed E-state index contributed by atoms with van der Waals surface area (Å²) in [5.41, 5.74) is 5.42. The van der Waals surface area contributed by atoms with Crippen molar-refractivity contribution in [2.45, 2.75) is 13.0 Å². The van der Waals surface area contributed by atoms with Gasteiger partial charge in [0.25, 0.3) is 12.3 Å². The summed E-state index contributed by atoms with van der Waals surface area (Å²) in [6, 6.07) is 0. The van der Waals surface area contributed by atoms with Crippen LogP contribution in [0.25, 0.3) is 0 Å². The van der Waals surface area contributed by atoms with Gasteiger partial charge in [0.15, 0.2) is 0 Å². The fourth-order valence-electron chi connectivity index (χ4n) is 0.769. The highest BCUT2D eigenvalue weighted by molar-refractivity contribution is 7.09. The highest BCUT2D eigenvalue weighted by Gasteiger charge is 2.11. The first-order chi connectivity index (χ1) is 6.63. The minimum atomic E-state index is -2.55. The monoisotopic (exact) mass is 257 g/mol. The van der Waals surface area contributed by atoms with Crippen LogP contribution in [0.1, 0.15) is 15.5 Å². The summed E-state index contributed by atoms with van der Waals surface area (Å²) in [4.78, 5) is 15.0. The van der Waals surface area contributed by atoms with Crippen LogP contribution >= 0.6 is 23.7 Å². The molecule has 1 rings (SSSR count). The Morgan fingerprint density at radius 1 is 1.67 bits per heavy atom. The molecule has 1 aromatic heterocycles. The molecule has 86 valence electrons. The van der Waals surface area contributed by atoms with Crippen molar-refractivity contribution in [1.29, 1.82) is 0 Å². The van der Waals surface area contributed by atoms with E-state index in [9.17, 15) is 13.6 Å². The highest BCUT2D eigenvalue weighted by atomic mass is 35.5. The Morgan fingerprint density at radius 2 is 2.33 bits per heavy atom. The number of amides is 1. The molecule has 1 heterocycles. The van der Waals surface area contributed by atoms with Crippen LogP contribution in [-0.4, -0.2) is 23.9 Å². The zero-order chi connectivity index (χ0) is 10.6. The number of rotatable bonds is 4. The lowest BCUT2D eigenvalue weighted by molar-refractivity contribution is 0.0887. The molecule has 15 heavy (non-hydrogen) atoms. The maximum atomic E-state index is 11.7. The average molecular weight is 258 g/mol. The maximum absolute atomic E-state index is 11.7. The molecule has 0 saturated heterocycles. The summed E-state index contributed by atoms with van der Waals surface area (Å²) in [6.07, 6.45) is -2.55. The topological polar surface area (TPSA) is 68.0 Å². The number of halogens is 3. The van der Waals surface area contributed by atoms with Crippen molar-refractivity contribution in [3.05, 3.63) is 16.1 Å². The summed E-state index contributed by atoms with van der Waals surface area (Å²) >= 11 is 1.23. The summed E-state index contributed by atoms with van der Waals surface area (Å²) in [5.74, 6) is -0.596. The number of hydrogen-bond acceptors (Lipinski definition) is 4. The van der Waals surface area contributed by atoms with Crippen molar-refractivity contribution < 1.29 is 13.6 Å². The molecule has 8 heteroatoms. The van der Waals surface area contributed by atoms with E-state index in [4.69, 9.17) is 5.73 Å². The van der Waals surface area contributed by atoms with Gasteiger partial charge in [-0.3, -0.25) is 4.79 Å². The number of nitrogens with two attached hydrogens (primary N) is 1. The Hall–Kier alpha value is -0.790. The lowest BCUT2D eigenvalue weighted by atomic mass is 10.4. The van der Waals surface area contributed by atoms with Crippen LogP contribution in [0.2, 0.25) is 0 Å². The third-order valence-corrected chi connectivity index (χ3v) is 2.25. The summed E-state index contributed by atoms with van der Waals surface area (Å²) in [6.45, 7) is -0.416. The minimum Gasteiger partial charge on any atom is -0.345 e. The second kappa shape index (κ2) is 6.65. The molecule has 0 saturated carbocycles. The SMILES string of the molecule is Cl.NCc1nc(C(=O)NCC(F)F)cs1. The Bertz CT molecular complexity index is 321. The molecule has 0 radical (unpaired) electrons. The predicted molar refractivity (Wildman–Crippen MR) is 55.6 cm³/mol. The van der Waals surface area contributed by atoms with Crippen LogP contribution in [0, 0.1) is 0 Å². The maximum Gasteiger partial charge on any atom is 0.270 e. The molecule has 0 fully saturated rings. The average Bonchev–Trinajstić information content (AvgIpc) is 2.62. The Kier molecular flexibility index (Phi) is 6.30. The van der Waals surface area contributed by atoms with E-state index < -0.39 is 18.9 Å². The van der Waals surface area contributed by atoms with Crippen molar-refractivity contribution in [2.75, 3.05) is 6.54 Å². The third-order valence-electron chi connectivity index (χ3n) is 1.38. The van der Waals surface area contributed by atoms with Crippen molar-refractivity contribution >= 4 is 29.7 Å². The van der Waals surface area contributed by atoms with Gasteiger partial charge in [-0.05, 0) is 0 Å². The number of thiazole rings is 1. The van der Waals surface area contributed by atoms with E-state index in [1.165, 1.54) is 16.7 Å². The van der Waals surface area contributed by atoms with Crippen molar-refractivity contribution in [2.24, 2.45) is 5.73 Å². The molecule has 0 aliphatic rings. The molecule has 0 bridgehead atoms. The van der Waals surface area contributed by atoms with Gasteiger partial charge in [0.05, 0.1) is 6.54 Å². The lowest BCUT2D eigenvalue weighted by Gasteiger charge is -2.00. The number of carbonyl (C=O) groups is 1. The standard InChI is InChI=1S/C7H9F2N3OS.ClH/c8-5(9)2-11-7(13)4-3-14-6(1-10)12-4;/h3,5H,1-2,10H2,(H,11,13);1H. The van der Waals surface area contributed by atoms with E-state index >= 15 is 0 Å². The first-order valence-electron chi connectivity index (χ1n) is 3.84. The number of nitrogens with zero attached hydrogens (tertiary/aromatic N) is 1. The van der Waals surface area contributed by atoms with Crippen LogP contribution in [0.15, 0.2) is 5.38 Å². The second-order valence-corrected chi connectivity index (χ2v) is 3.37. The van der Waals surface area contributed by atoms with Gasteiger partial charge in [-0.2, -0.15) is 0 Å². The van der Waals surface area contributed by atoms with Gasteiger partial charge >= 0.3 is 0 Å². The van der Waals surface area contributed by atoms with Crippen LogP contribution in [-0.2, 0) is 6.54 Å². The van der Waals surface area contributed by atoms with Crippen LogP contribution < -0.4 is 11.1 Å². The van der Waals surface area contributed by atoms with E-state index in [0.29, 0.717) is 5.01 Å². The van der Waals surface area contributed by atoms with Crippen LogP contribution in [0.4, 0.5) is 8.78 Å². The summed E-state index contributed by atoms with van der Waals surface area (Å²) < 4.78 is 23.5. The third kappa shape index (κ3) is 4.50. The van der Waals surface area contributed by atoms with Gasteiger partial charge in [0.2, 0.25) is 0 Å². The predicted octanol–water partition coefficient (Wildman–Crippen LogP) is 1.02. The van der Waals surface area contributed by atoms with E-state index in [0.717, 1.165) is 0 Å². The molecule has 0 unspecified atom stereocenters. The van der Waals surface area contributed by atoms with Gasteiger partial charge in [-0.25, -0.2) is 13.8 Å². The normalized spacial score (nSPS) is 9.87. The molecule has 1 amide bonds. The van der Waals surface area contributed by atoms with Crippen molar-refractivity contribution in [3.8, 4) is 0 Å². The number of aromatic nitrogens is 1.